The minimum Gasteiger partial charge on any atom is -0.347 e. The van der Waals surface area contributed by atoms with Gasteiger partial charge in [-0.15, -0.1) is 0 Å². The summed E-state index contributed by atoms with van der Waals surface area (Å²) in [5.41, 5.74) is 3.47. The molecule has 0 radical (unpaired) electrons. The van der Waals surface area contributed by atoms with Crippen LogP contribution in [-0.2, 0) is 13.1 Å². The van der Waals surface area contributed by atoms with Gasteiger partial charge < -0.3 is 10.6 Å². The van der Waals surface area contributed by atoms with Gasteiger partial charge in [-0.1, -0.05) is 59.6 Å². The molecule has 0 spiro atoms. The summed E-state index contributed by atoms with van der Waals surface area (Å²) in [7, 11) is 0. The molecule has 3 rings (SSSR count). The summed E-state index contributed by atoms with van der Waals surface area (Å²) in [6, 6.07) is 19.9. The molecule has 0 fully saturated rings. The maximum absolute atomic E-state index is 12.4. The second kappa shape index (κ2) is 9.15. The Balaban J connectivity index is 1.58. The quantitative estimate of drug-likeness (QED) is 0.667. The summed E-state index contributed by atoms with van der Waals surface area (Å²) >= 11 is 5.85. The highest BCUT2D eigenvalue weighted by Gasteiger charge is 2.12. The molecule has 0 saturated heterocycles. The van der Waals surface area contributed by atoms with Gasteiger partial charge in [0.15, 0.2) is 0 Å². The lowest BCUT2D eigenvalue weighted by molar-refractivity contribution is 0.0941. The van der Waals surface area contributed by atoms with Crippen molar-refractivity contribution in [2.45, 2.75) is 20.0 Å². The van der Waals surface area contributed by atoms with Gasteiger partial charge in [0.25, 0.3) is 11.8 Å². The third-order valence-electron chi connectivity index (χ3n) is 4.15. The minimum atomic E-state index is -0.344. The predicted molar refractivity (Wildman–Crippen MR) is 109 cm³/mol. The average molecular weight is 394 g/mol. The molecule has 5 nitrogen and oxygen atoms in total. The highest BCUT2D eigenvalue weighted by Crippen LogP contribution is 2.09. The number of nitrogens with one attached hydrogen (secondary N) is 2. The fraction of sp³-hybridized carbons (Fsp3) is 0.136. The van der Waals surface area contributed by atoms with E-state index in [4.69, 9.17) is 11.6 Å². The van der Waals surface area contributed by atoms with E-state index in [0.717, 1.165) is 16.7 Å². The van der Waals surface area contributed by atoms with Crippen LogP contribution in [0.1, 0.15) is 37.7 Å². The highest BCUT2D eigenvalue weighted by molar-refractivity contribution is 6.30. The van der Waals surface area contributed by atoms with E-state index in [9.17, 15) is 9.59 Å². The van der Waals surface area contributed by atoms with E-state index in [-0.39, 0.29) is 23.2 Å². The lowest BCUT2D eigenvalue weighted by Crippen LogP contribution is -2.27. The number of nitrogens with zero attached hydrogens (tertiary/aromatic N) is 1. The molecular formula is C22H20ClN3O2. The van der Waals surface area contributed by atoms with Gasteiger partial charge in [-0.25, -0.2) is 4.98 Å². The molecule has 6 heteroatoms. The lowest BCUT2D eigenvalue weighted by Gasteiger charge is -2.08. The maximum Gasteiger partial charge on any atom is 0.270 e. The van der Waals surface area contributed by atoms with Crippen LogP contribution in [0.2, 0.25) is 5.02 Å². The smallest absolute Gasteiger partial charge is 0.270 e. The molecule has 2 aromatic carbocycles. The van der Waals surface area contributed by atoms with Gasteiger partial charge in [-0.2, -0.15) is 0 Å². The fourth-order valence-corrected chi connectivity index (χ4v) is 2.67. The van der Waals surface area contributed by atoms with E-state index in [0.29, 0.717) is 18.1 Å². The summed E-state index contributed by atoms with van der Waals surface area (Å²) in [4.78, 5) is 28.9. The molecule has 2 amide bonds. The van der Waals surface area contributed by atoms with Crippen molar-refractivity contribution in [3.63, 3.8) is 0 Å². The number of amides is 2. The number of halogens is 1. The van der Waals surface area contributed by atoms with E-state index in [1.807, 2.05) is 43.3 Å². The molecule has 0 saturated carbocycles. The highest BCUT2D eigenvalue weighted by atomic mass is 35.5. The average Bonchev–Trinajstić information content (AvgIpc) is 2.72. The number of hydrogen-bond acceptors (Lipinski definition) is 3. The molecular weight excluding hydrogens is 374 g/mol. The Morgan fingerprint density at radius 3 is 1.75 bits per heavy atom. The largest absolute Gasteiger partial charge is 0.347 e. The van der Waals surface area contributed by atoms with E-state index in [1.165, 1.54) is 0 Å². The van der Waals surface area contributed by atoms with Crippen LogP contribution in [0.3, 0.4) is 0 Å². The van der Waals surface area contributed by atoms with E-state index in [1.54, 1.807) is 30.3 Å². The maximum atomic E-state index is 12.4. The number of benzene rings is 2. The van der Waals surface area contributed by atoms with Gasteiger partial charge in [-0.3, -0.25) is 9.59 Å². The Hall–Kier alpha value is -3.18. The number of aryl methyl sites for hydroxylation is 1. The standard InChI is InChI=1S/C22H20ClN3O2/c1-15-5-7-16(8-6-15)13-24-21(27)19-3-2-4-20(26-19)22(28)25-14-17-9-11-18(23)12-10-17/h2-12H,13-14H2,1H3,(H,24,27)(H,25,28). The van der Waals surface area contributed by atoms with Gasteiger partial charge in [0.2, 0.25) is 0 Å². The third kappa shape index (κ3) is 5.41. The predicted octanol–water partition coefficient (Wildman–Crippen LogP) is 3.90. The number of carbonyl (C=O) groups is 2. The monoisotopic (exact) mass is 393 g/mol. The Morgan fingerprint density at radius 2 is 1.25 bits per heavy atom. The second-order valence-electron chi connectivity index (χ2n) is 6.39. The number of aromatic nitrogens is 1. The molecule has 0 atom stereocenters. The molecule has 0 aliphatic heterocycles. The first-order valence-electron chi connectivity index (χ1n) is 8.85. The molecule has 142 valence electrons. The first kappa shape index (κ1) is 19.6. The van der Waals surface area contributed by atoms with Gasteiger partial charge in [0, 0.05) is 18.1 Å². The van der Waals surface area contributed by atoms with Crippen molar-refractivity contribution in [3.8, 4) is 0 Å². The van der Waals surface area contributed by atoms with Crippen molar-refractivity contribution in [1.29, 1.82) is 0 Å². The summed E-state index contributed by atoms with van der Waals surface area (Å²) in [5.74, 6) is -0.670. The molecule has 0 aliphatic carbocycles. The van der Waals surface area contributed by atoms with Crippen LogP contribution in [0.4, 0.5) is 0 Å². The van der Waals surface area contributed by atoms with Crippen LogP contribution in [0.5, 0.6) is 0 Å². The number of rotatable bonds is 6. The third-order valence-corrected chi connectivity index (χ3v) is 4.41. The number of carbonyl (C=O) groups excluding carboxylic acids is 2. The summed E-state index contributed by atoms with van der Waals surface area (Å²) in [5, 5.41) is 6.25. The van der Waals surface area contributed by atoms with Crippen LogP contribution in [0, 0.1) is 6.92 Å². The van der Waals surface area contributed by atoms with Crippen molar-refractivity contribution in [2.75, 3.05) is 0 Å². The molecule has 2 N–H and O–H groups in total. The summed E-state index contributed by atoms with van der Waals surface area (Å²) in [6.07, 6.45) is 0. The van der Waals surface area contributed by atoms with Gasteiger partial charge >= 0.3 is 0 Å². The normalized spacial score (nSPS) is 10.4. The first-order valence-corrected chi connectivity index (χ1v) is 9.22. The Kier molecular flexibility index (Phi) is 6.40. The summed E-state index contributed by atoms with van der Waals surface area (Å²) in [6.45, 7) is 2.76. The zero-order chi connectivity index (χ0) is 19.9. The summed E-state index contributed by atoms with van der Waals surface area (Å²) < 4.78 is 0. The van der Waals surface area contributed by atoms with E-state index >= 15 is 0 Å². The van der Waals surface area contributed by atoms with Gasteiger partial charge in [0.1, 0.15) is 11.4 Å². The van der Waals surface area contributed by atoms with Crippen LogP contribution in [0.25, 0.3) is 0 Å². The SMILES string of the molecule is Cc1ccc(CNC(=O)c2cccc(C(=O)NCc3ccc(Cl)cc3)n2)cc1. The van der Waals surface area contributed by atoms with Crippen molar-refractivity contribution in [2.24, 2.45) is 0 Å². The van der Waals surface area contributed by atoms with Crippen molar-refractivity contribution >= 4 is 23.4 Å². The van der Waals surface area contributed by atoms with Crippen LogP contribution >= 0.6 is 11.6 Å². The van der Waals surface area contributed by atoms with Crippen LogP contribution < -0.4 is 10.6 Å². The van der Waals surface area contributed by atoms with Crippen molar-refractivity contribution < 1.29 is 9.59 Å². The molecule has 0 aliphatic rings. The molecule has 0 unspecified atom stereocenters. The van der Waals surface area contributed by atoms with Gasteiger partial charge in [-0.05, 0) is 42.3 Å². The molecule has 1 heterocycles. The Bertz CT molecular complexity index is 893. The minimum absolute atomic E-state index is 0.192. The number of pyridine rings is 1. The van der Waals surface area contributed by atoms with Crippen molar-refractivity contribution in [3.05, 3.63) is 99.8 Å². The Morgan fingerprint density at radius 1 is 0.786 bits per heavy atom. The van der Waals surface area contributed by atoms with E-state index < -0.39 is 0 Å². The number of hydrogen-bond donors (Lipinski definition) is 2. The lowest BCUT2D eigenvalue weighted by atomic mass is 10.1. The van der Waals surface area contributed by atoms with Gasteiger partial charge in [0.05, 0.1) is 0 Å². The van der Waals surface area contributed by atoms with Crippen LogP contribution in [0.15, 0.2) is 66.7 Å². The fourth-order valence-electron chi connectivity index (χ4n) is 2.54. The molecule has 1 aromatic heterocycles. The van der Waals surface area contributed by atoms with E-state index in [2.05, 4.69) is 15.6 Å². The first-order chi connectivity index (χ1) is 13.5. The Labute approximate surface area is 168 Å². The molecule has 28 heavy (non-hydrogen) atoms. The molecule has 0 bridgehead atoms. The molecule has 3 aromatic rings. The zero-order valence-electron chi connectivity index (χ0n) is 15.4. The van der Waals surface area contributed by atoms with Crippen LogP contribution in [-0.4, -0.2) is 16.8 Å². The van der Waals surface area contributed by atoms with Crippen molar-refractivity contribution in [1.82, 2.24) is 15.6 Å². The second-order valence-corrected chi connectivity index (χ2v) is 6.82. The topological polar surface area (TPSA) is 71.1 Å². The zero-order valence-corrected chi connectivity index (χ0v) is 16.2.